The molecule has 2 heterocycles. The number of rotatable bonds is 5. The molecule has 96 valence electrons. The molecule has 2 amide bonds. The smallest absolute Gasteiger partial charge is 0.229 e. The zero-order valence-corrected chi connectivity index (χ0v) is 10.3. The maximum Gasteiger partial charge on any atom is 0.229 e. The van der Waals surface area contributed by atoms with Crippen LogP contribution in [0.2, 0.25) is 0 Å². The molecule has 0 unspecified atom stereocenters. The monoisotopic (exact) mass is 240 g/mol. The fourth-order valence-corrected chi connectivity index (χ4v) is 2.68. The van der Waals surface area contributed by atoms with Gasteiger partial charge < -0.3 is 5.11 Å². The lowest BCUT2D eigenvalue weighted by Crippen LogP contribution is -2.62. The van der Waals surface area contributed by atoms with Crippen LogP contribution in [-0.2, 0) is 9.59 Å². The second-order valence-corrected chi connectivity index (χ2v) is 5.12. The van der Waals surface area contributed by atoms with Crippen molar-refractivity contribution in [3.05, 3.63) is 0 Å². The van der Waals surface area contributed by atoms with E-state index in [4.69, 9.17) is 0 Å². The number of hydrogen-bond donors (Lipinski definition) is 1. The molecular formula is C12H20N2O3. The van der Waals surface area contributed by atoms with Crippen LogP contribution < -0.4 is 0 Å². The fourth-order valence-electron chi connectivity index (χ4n) is 2.68. The highest BCUT2D eigenvalue weighted by Gasteiger charge is 2.40. The Bertz CT molecular complexity index is 308. The average Bonchev–Trinajstić information content (AvgIpc) is 2.54. The van der Waals surface area contributed by atoms with Crippen LogP contribution in [0.3, 0.4) is 0 Å². The maximum atomic E-state index is 11.4. The summed E-state index contributed by atoms with van der Waals surface area (Å²) in [5, 5.41) is 9.99. The Morgan fingerprint density at radius 2 is 1.76 bits per heavy atom. The Labute approximate surface area is 101 Å². The number of β-amino-alcohol motifs (C(OH)–C–C–N with tert-alkyl or cyclic N) is 1. The summed E-state index contributed by atoms with van der Waals surface area (Å²) in [6, 6.07) is 0. The van der Waals surface area contributed by atoms with Crippen LogP contribution in [0.4, 0.5) is 0 Å². The number of imide groups is 1. The van der Waals surface area contributed by atoms with E-state index >= 15 is 0 Å². The minimum atomic E-state index is -0.534. The first-order chi connectivity index (χ1) is 8.04. The Morgan fingerprint density at radius 3 is 2.29 bits per heavy atom. The molecule has 2 saturated heterocycles. The van der Waals surface area contributed by atoms with Gasteiger partial charge in [0.2, 0.25) is 11.8 Å². The minimum Gasteiger partial charge on any atom is -0.387 e. The van der Waals surface area contributed by atoms with E-state index in [1.807, 2.05) is 0 Å². The zero-order chi connectivity index (χ0) is 12.5. The van der Waals surface area contributed by atoms with Crippen LogP contribution in [0, 0.1) is 0 Å². The molecule has 0 radical (unpaired) electrons. The van der Waals surface area contributed by atoms with E-state index in [-0.39, 0.29) is 11.8 Å². The largest absolute Gasteiger partial charge is 0.387 e. The van der Waals surface area contributed by atoms with E-state index in [0.29, 0.717) is 39.0 Å². The Kier molecular flexibility index (Phi) is 3.49. The molecule has 1 N–H and O–H groups in total. The second kappa shape index (κ2) is 4.74. The molecule has 0 spiro atoms. The topological polar surface area (TPSA) is 60.9 Å². The molecule has 2 fully saturated rings. The van der Waals surface area contributed by atoms with Crippen molar-refractivity contribution in [3.63, 3.8) is 0 Å². The number of amides is 2. The first-order valence-electron chi connectivity index (χ1n) is 6.32. The highest BCUT2D eigenvalue weighted by Crippen LogP contribution is 2.25. The standard InChI is InChI=1S/C12H20N2O3/c1-2-5-12(17)8-13(9-12)6-7-14-10(15)3-4-11(14)16/h17H,2-9H2,1H3. The highest BCUT2D eigenvalue weighted by molar-refractivity contribution is 6.01. The Morgan fingerprint density at radius 1 is 1.18 bits per heavy atom. The van der Waals surface area contributed by atoms with Crippen molar-refractivity contribution >= 4 is 11.8 Å². The van der Waals surface area contributed by atoms with Gasteiger partial charge in [-0.05, 0) is 6.42 Å². The maximum absolute atomic E-state index is 11.4. The predicted molar refractivity (Wildman–Crippen MR) is 62.3 cm³/mol. The molecule has 0 aliphatic carbocycles. The van der Waals surface area contributed by atoms with Crippen molar-refractivity contribution < 1.29 is 14.7 Å². The van der Waals surface area contributed by atoms with E-state index in [1.54, 1.807) is 0 Å². The summed E-state index contributed by atoms with van der Waals surface area (Å²) in [5.74, 6) is -0.112. The number of hydrogen-bond acceptors (Lipinski definition) is 4. The van der Waals surface area contributed by atoms with Crippen molar-refractivity contribution in [1.82, 2.24) is 9.80 Å². The van der Waals surface area contributed by atoms with Gasteiger partial charge >= 0.3 is 0 Å². The summed E-state index contributed by atoms with van der Waals surface area (Å²) in [7, 11) is 0. The van der Waals surface area contributed by atoms with Gasteiger partial charge in [0.1, 0.15) is 0 Å². The number of carbonyl (C=O) groups is 2. The van der Waals surface area contributed by atoms with Gasteiger partial charge in [-0.3, -0.25) is 19.4 Å². The third-order valence-electron chi connectivity index (χ3n) is 3.55. The summed E-state index contributed by atoms with van der Waals surface area (Å²) >= 11 is 0. The minimum absolute atomic E-state index is 0.0562. The number of aliphatic hydroxyl groups is 1. The van der Waals surface area contributed by atoms with Crippen molar-refractivity contribution in [2.45, 2.75) is 38.2 Å². The lowest BCUT2D eigenvalue weighted by molar-refractivity contribution is -0.140. The van der Waals surface area contributed by atoms with Crippen molar-refractivity contribution in [2.24, 2.45) is 0 Å². The van der Waals surface area contributed by atoms with Crippen LogP contribution in [0.15, 0.2) is 0 Å². The molecule has 0 atom stereocenters. The zero-order valence-electron chi connectivity index (χ0n) is 10.3. The van der Waals surface area contributed by atoms with Gasteiger partial charge in [-0.15, -0.1) is 0 Å². The number of carbonyl (C=O) groups excluding carboxylic acids is 2. The average molecular weight is 240 g/mol. The van der Waals surface area contributed by atoms with Crippen LogP contribution in [0.5, 0.6) is 0 Å². The molecular weight excluding hydrogens is 220 g/mol. The normalized spacial score (nSPS) is 24.2. The van der Waals surface area contributed by atoms with Gasteiger partial charge in [0.25, 0.3) is 0 Å². The van der Waals surface area contributed by atoms with E-state index in [0.717, 1.165) is 12.8 Å². The van der Waals surface area contributed by atoms with Crippen LogP contribution in [0.25, 0.3) is 0 Å². The molecule has 0 aromatic carbocycles. The van der Waals surface area contributed by atoms with Gasteiger partial charge in [0.05, 0.1) is 5.60 Å². The molecule has 5 nitrogen and oxygen atoms in total. The Balaban J connectivity index is 1.71. The highest BCUT2D eigenvalue weighted by atomic mass is 16.3. The van der Waals surface area contributed by atoms with Gasteiger partial charge in [0.15, 0.2) is 0 Å². The summed E-state index contributed by atoms with van der Waals surface area (Å²) in [4.78, 5) is 26.2. The Hall–Kier alpha value is -0.940. The van der Waals surface area contributed by atoms with Crippen LogP contribution in [-0.4, -0.2) is 58.5 Å². The van der Waals surface area contributed by atoms with Crippen molar-refractivity contribution in [2.75, 3.05) is 26.2 Å². The lowest BCUT2D eigenvalue weighted by Gasteiger charge is -2.47. The fraction of sp³-hybridized carbons (Fsp3) is 0.833. The molecule has 2 aliphatic heterocycles. The van der Waals surface area contributed by atoms with Gasteiger partial charge in [-0.1, -0.05) is 13.3 Å². The quantitative estimate of drug-likeness (QED) is 0.686. The first-order valence-corrected chi connectivity index (χ1v) is 6.32. The van der Waals surface area contributed by atoms with Crippen molar-refractivity contribution in [3.8, 4) is 0 Å². The van der Waals surface area contributed by atoms with Gasteiger partial charge in [-0.25, -0.2) is 0 Å². The third-order valence-corrected chi connectivity index (χ3v) is 3.55. The summed E-state index contributed by atoms with van der Waals surface area (Å²) in [5.41, 5.74) is -0.534. The number of nitrogens with zero attached hydrogens (tertiary/aromatic N) is 2. The molecule has 2 rings (SSSR count). The molecule has 0 aromatic rings. The third kappa shape index (κ3) is 2.66. The molecule has 0 aromatic heterocycles. The summed E-state index contributed by atoms with van der Waals surface area (Å²) in [6.45, 7) is 4.54. The molecule has 0 saturated carbocycles. The second-order valence-electron chi connectivity index (χ2n) is 5.12. The molecule has 5 heteroatoms. The van der Waals surface area contributed by atoms with Crippen molar-refractivity contribution in [1.29, 1.82) is 0 Å². The van der Waals surface area contributed by atoms with Gasteiger partial charge in [-0.2, -0.15) is 0 Å². The van der Waals surface area contributed by atoms with Crippen LogP contribution in [0.1, 0.15) is 32.6 Å². The van der Waals surface area contributed by atoms with Crippen LogP contribution >= 0.6 is 0 Å². The SMILES string of the molecule is CCCC1(O)CN(CCN2C(=O)CCC2=O)C1. The lowest BCUT2D eigenvalue weighted by atomic mass is 9.89. The number of likely N-dealkylation sites (tertiary alicyclic amines) is 2. The molecule has 17 heavy (non-hydrogen) atoms. The van der Waals surface area contributed by atoms with E-state index in [2.05, 4.69) is 11.8 Å². The summed E-state index contributed by atoms with van der Waals surface area (Å²) in [6.07, 6.45) is 2.52. The first kappa shape index (κ1) is 12.5. The van der Waals surface area contributed by atoms with E-state index in [9.17, 15) is 14.7 Å². The molecule has 0 bridgehead atoms. The predicted octanol–water partition coefficient (Wildman–Crippen LogP) is -0.0178. The molecule has 2 aliphatic rings. The van der Waals surface area contributed by atoms with Gasteiger partial charge in [0, 0.05) is 39.0 Å². The van der Waals surface area contributed by atoms with E-state index in [1.165, 1.54) is 4.90 Å². The van der Waals surface area contributed by atoms with E-state index < -0.39 is 5.60 Å². The summed E-state index contributed by atoms with van der Waals surface area (Å²) < 4.78 is 0.